The fourth-order valence-electron chi connectivity index (χ4n) is 2.80. The molecule has 0 aliphatic heterocycles. The van der Waals surface area contributed by atoms with Crippen LogP contribution in [0.2, 0.25) is 0 Å². The minimum Gasteiger partial charge on any atom is -0.872 e. The fourth-order valence-corrected chi connectivity index (χ4v) is 2.80. The van der Waals surface area contributed by atoms with E-state index in [9.17, 15) is 10.2 Å². The molecule has 0 aromatic heterocycles. The van der Waals surface area contributed by atoms with Gasteiger partial charge < -0.3 is 10.2 Å². The summed E-state index contributed by atoms with van der Waals surface area (Å²) in [4.78, 5) is 0. The first kappa shape index (κ1) is 20.9. The molecule has 130 valence electrons. The van der Waals surface area contributed by atoms with Crippen molar-refractivity contribution in [2.75, 3.05) is 0 Å². The molecule has 2 aromatic rings. The molecule has 10 radical (unpaired) electrons. The molecule has 2 nitrogen and oxygen atoms in total. The summed E-state index contributed by atoms with van der Waals surface area (Å²) in [5.74, 6) is 1.21. The van der Waals surface area contributed by atoms with Gasteiger partial charge in [0.1, 0.15) is 0 Å². The van der Waals surface area contributed by atoms with Crippen molar-refractivity contribution in [3.63, 3.8) is 0 Å². The Labute approximate surface area is 168 Å². The van der Waals surface area contributed by atoms with Crippen molar-refractivity contribution in [3.8, 4) is 11.5 Å². The molecule has 2 aliphatic rings. The molecule has 0 unspecified atom stereocenters. The van der Waals surface area contributed by atoms with Crippen molar-refractivity contribution in [2.45, 2.75) is 5.92 Å². The molecule has 0 bridgehead atoms. The first-order chi connectivity index (χ1) is 12.2. The third-order valence-electron chi connectivity index (χ3n) is 4.00. The molecule has 0 amide bonds. The Morgan fingerprint density at radius 3 is 1.19 bits per heavy atom. The van der Waals surface area contributed by atoms with E-state index in [1.165, 1.54) is 0 Å². The van der Waals surface area contributed by atoms with Crippen LogP contribution in [0.1, 0.15) is 17.0 Å². The van der Waals surface area contributed by atoms with Gasteiger partial charge in [0.05, 0.1) is 0 Å². The van der Waals surface area contributed by atoms with Crippen molar-refractivity contribution in [1.29, 1.82) is 0 Å². The number of hydrogen-bond acceptors (Lipinski definition) is 2. The van der Waals surface area contributed by atoms with Crippen LogP contribution in [-0.4, -0.2) is 0 Å². The molecule has 4 rings (SSSR count). The summed E-state index contributed by atoms with van der Waals surface area (Å²) < 4.78 is 0. The van der Waals surface area contributed by atoms with Gasteiger partial charge in [-0.1, -0.05) is 48.5 Å². The maximum absolute atomic E-state index is 11.3. The quantitative estimate of drug-likeness (QED) is 0.764. The smallest absolute Gasteiger partial charge is 0.872 e. The predicted octanol–water partition coefficient (Wildman–Crippen LogP) is 3.39. The first-order valence-corrected chi connectivity index (χ1v) is 8.16. The Balaban J connectivity index is 0.000000351. The molecule has 0 spiro atoms. The second-order valence-corrected chi connectivity index (χ2v) is 5.75. The molecule has 3 heteroatoms. The van der Waals surface area contributed by atoms with E-state index in [4.69, 9.17) is 0 Å². The fraction of sp³-hybridized carbons (Fsp3) is 0.0435. The zero-order valence-corrected chi connectivity index (χ0v) is 15.2. The van der Waals surface area contributed by atoms with Gasteiger partial charge in [-0.3, -0.25) is 0 Å². The number of rotatable bonds is 3. The van der Waals surface area contributed by atoms with Crippen LogP contribution < -0.4 is 10.2 Å². The van der Waals surface area contributed by atoms with Crippen molar-refractivity contribution < 1.29 is 27.3 Å². The average molecular weight is 382 g/mol. The van der Waals surface area contributed by atoms with Crippen molar-refractivity contribution in [3.05, 3.63) is 123 Å². The van der Waals surface area contributed by atoms with Crippen LogP contribution in [0, 0.1) is 63.7 Å². The Morgan fingerprint density at radius 1 is 0.500 bits per heavy atom. The van der Waals surface area contributed by atoms with Crippen LogP contribution in [0.4, 0.5) is 0 Å². The maximum atomic E-state index is 11.3. The third kappa shape index (κ3) is 5.79. The van der Waals surface area contributed by atoms with E-state index >= 15 is 0 Å². The summed E-state index contributed by atoms with van der Waals surface area (Å²) in [5, 5.41) is 22.5. The van der Waals surface area contributed by atoms with Gasteiger partial charge in [0.25, 0.3) is 0 Å². The molecule has 0 atom stereocenters. The minimum atomic E-state index is 0. The van der Waals surface area contributed by atoms with E-state index in [1.54, 1.807) is 24.3 Å². The molecule has 0 heterocycles. The largest absolute Gasteiger partial charge is 2.00 e. The molecular weight excluding hydrogens is 364 g/mol. The Bertz CT molecular complexity index is 573. The van der Waals surface area contributed by atoms with Crippen LogP contribution in [-0.2, 0) is 17.1 Å². The Hall–Kier alpha value is -1.44. The summed E-state index contributed by atoms with van der Waals surface area (Å²) >= 11 is 0. The summed E-state index contributed by atoms with van der Waals surface area (Å²) in [7, 11) is 0. The standard InChI is InChI=1S/C18H15O2.C5H5.Fe/c19-16-9-5-14(6-10-16)18(13-3-1-2-4-13)15-7-11-17(20)12-8-15;1-2-4-5-3-1;/h1-12,18-20H;1-5H;/q;;+2/p-2. The molecule has 0 N–H and O–H groups in total. The van der Waals surface area contributed by atoms with Crippen LogP contribution in [0.3, 0.4) is 0 Å². The molecule has 2 aliphatic carbocycles. The number of hydrogen-bond donors (Lipinski definition) is 0. The van der Waals surface area contributed by atoms with E-state index in [2.05, 4.69) is 12.8 Å². The molecule has 26 heavy (non-hydrogen) atoms. The van der Waals surface area contributed by atoms with Crippen LogP contribution in [0.15, 0.2) is 48.5 Å². The first-order valence-electron chi connectivity index (χ1n) is 8.16. The van der Waals surface area contributed by atoms with Crippen LogP contribution in [0.25, 0.3) is 0 Å². The second-order valence-electron chi connectivity index (χ2n) is 5.75. The molecule has 2 saturated carbocycles. The predicted molar refractivity (Wildman–Crippen MR) is 95.6 cm³/mol. The Morgan fingerprint density at radius 2 is 0.846 bits per heavy atom. The van der Waals surface area contributed by atoms with Gasteiger partial charge in [0, 0.05) is 5.92 Å². The van der Waals surface area contributed by atoms with Gasteiger partial charge in [-0.25, -0.2) is 0 Å². The van der Waals surface area contributed by atoms with E-state index in [0.717, 1.165) is 17.0 Å². The SMILES string of the molecule is [CH]1[CH][CH][CH][CH]1.[Fe+2].[O-]c1ccc(C([C]2[CH][CH][CH][CH]2)c2ccc([O-])cc2)cc1. The van der Waals surface area contributed by atoms with E-state index in [0.29, 0.717) is 0 Å². The van der Waals surface area contributed by atoms with Crippen LogP contribution in [0.5, 0.6) is 11.5 Å². The van der Waals surface area contributed by atoms with Crippen molar-refractivity contribution in [1.82, 2.24) is 0 Å². The normalized spacial score (nSPS) is 16.8. The molecular formula is C23H18FeO2. The van der Waals surface area contributed by atoms with Gasteiger partial charge in [0.2, 0.25) is 0 Å². The van der Waals surface area contributed by atoms with E-state index in [-0.39, 0.29) is 34.5 Å². The van der Waals surface area contributed by atoms with Crippen LogP contribution >= 0.6 is 0 Å². The van der Waals surface area contributed by atoms with Gasteiger partial charge in [0.15, 0.2) is 0 Å². The zero-order valence-electron chi connectivity index (χ0n) is 14.1. The maximum Gasteiger partial charge on any atom is 2.00 e. The molecule has 0 saturated heterocycles. The van der Waals surface area contributed by atoms with E-state index in [1.807, 2.05) is 69.2 Å². The second kappa shape index (κ2) is 10.6. The van der Waals surface area contributed by atoms with E-state index < -0.39 is 0 Å². The van der Waals surface area contributed by atoms with Crippen molar-refractivity contribution >= 4 is 0 Å². The Kier molecular flexibility index (Phi) is 8.54. The minimum absolute atomic E-state index is 0. The summed E-state index contributed by atoms with van der Waals surface area (Å²) in [5.41, 5.74) is 2.10. The van der Waals surface area contributed by atoms with Gasteiger partial charge >= 0.3 is 17.1 Å². The topological polar surface area (TPSA) is 46.1 Å². The molecule has 2 aromatic carbocycles. The average Bonchev–Trinajstić information content (AvgIpc) is 3.35. The zero-order chi connectivity index (χ0) is 17.5. The summed E-state index contributed by atoms with van der Waals surface area (Å²) in [6, 6.07) is 13.7. The summed E-state index contributed by atoms with van der Waals surface area (Å²) in [6.45, 7) is 0. The third-order valence-corrected chi connectivity index (χ3v) is 4.00. The van der Waals surface area contributed by atoms with Crippen molar-refractivity contribution in [2.24, 2.45) is 0 Å². The van der Waals surface area contributed by atoms with Gasteiger partial charge in [-0.15, -0.1) is 11.5 Å². The van der Waals surface area contributed by atoms with Gasteiger partial charge in [-0.05, 0) is 74.8 Å². The number of benzene rings is 2. The van der Waals surface area contributed by atoms with Gasteiger partial charge in [-0.2, -0.15) is 0 Å². The monoisotopic (exact) mass is 382 g/mol. The molecule has 2 fully saturated rings. The summed E-state index contributed by atoms with van der Waals surface area (Å²) in [6.07, 6.45) is 18.1.